The summed E-state index contributed by atoms with van der Waals surface area (Å²) in [6, 6.07) is 5.02. The number of benzene rings is 1. The lowest BCUT2D eigenvalue weighted by Gasteiger charge is -2.31. The van der Waals surface area contributed by atoms with Crippen LogP contribution in [0.3, 0.4) is 0 Å². The van der Waals surface area contributed by atoms with E-state index in [1.807, 2.05) is 4.90 Å². The summed E-state index contributed by atoms with van der Waals surface area (Å²) in [7, 11) is 2.13. The van der Waals surface area contributed by atoms with Gasteiger partial charge in [-0.05, 0) is 25.1 Å². The molecule has 2 rings (SSSR count). The lowest BCUT2D eigenvalue weighted by molar-refractivity contribution is -0.883. The Labute approximate surface area is 146 Å². The lowest BCUT2D eigenvalue weighted by atomic mass is 10.3. The van der Waals surface area contributed by atoms with E-state index in [0.717, 1.165) is 26.2 Å². The van der Waals surface area contributed by atoms with Gasteiger partial charge in [-0.3, -0.25) is 5.43 Å². The minimum atomic E-state index is -0.447. The van der Waals surface area contributed by atoms with E-state index in [4.69, 9.17) is 27.9 Å². The number of likely N-dealkylation sites (N-methyl/N-ethyl adjacent to an activating group) is 1. The molecule has 0 radical (unpaired) electrons. The number of anilines is 1. The Balaban J connectivity index is 2.18. The number of piperazine rings is 1. The molecule has 8 heteroatoms. The molecule has 0 bridgehead atoms. The largest absolute Gasteiger partial charge is 0.460 e. The van der Waals surface area contributed by atoms with Gasteiger partial charge in [0.1, 0.15) is 0 Å². The molecule has 6 nitrogen and oxygen atoms in total. The average molecular weight is 360 g/mol. The molecule has 2 N–H and O–H groups in total. The maximum atomic E-state index is 12.2. The zero-order valence-electron chi connectivity index (χ0n) is 13.2. The number of nitrogens with zero attached hydrogens (tertiary/aromatic N) is 2. The third-order valence-electron chi connectivity index (χ3n) is 3.59. The molecule has 1 aliphatic heterocycles. The van der Waals surface area contributed by atoms with Crippen LogP contribution in [-0.4, -0.2) is 56.5 Å². The molecular weight excluding hydrogens is 339 g/mol. The highest BCUT2D eigenvalue weighted by molar-refractivity contribution is 6.36. The predicted octanol–water partition coefficient (Wildman–Crippen LogP) is 1.11. The van der Waals surface area contributed by atoms with Gasteiger partial charge in [0.05, 0.1) is 50.5 Å². The molecule has 0 unspecified atom stereocenters. The summed E-state index contributed by atoms with van der Waals surface area (Å²) in [5.74, 6) is -0.187. The fourth-order valence-electron chi connectivity index (χ4n) is 2.24. The van der Waals surface area contributed by atoms with Crippen LogP contribution in [0.2, 0.25) is 10.0 Å². The smallest absolute Gasteiger partial charge is 0.376 e. The predicted molar refractivity (Wildman–Crippen MR) is 92.3 cm³/mol. The average Bonchev–Trinajstić information content (AvgIpc) is 2.52. The van der Waals surface area contributed by atoms with Gasteiger partial charge in [0.2, 0.25) is 5.84 Å². The minimum Gasteiger partial charge on any atom is -0.460 e. The quantitative estimate of drug-likeness (QED) is 0.367. The van der Waals surface area contributed by atoms with Crippen molar-refractivity contribution >= 4 is 40.7 Å². The number of ether oxygens (including phenoxy) is 1. The molecule has 0 aromatic heterocycles. The number of esters is 1. The first-order valence-electron chi connectivity index (χ1n) is 7.53. The third-order valence-corrected chi connectivity index (χ3v) is 4.15. The molecule has 0 atom stereocenters. The van der Waals surface area contributed by atoms with E-state index in [2.05, 4.69) is 17.6 Å². The molecule has 1 aromatic rings. The number of amidine groups is 1. The molecule has 0 spiro atoms. The summed E-state index contributed by atoms with van der Waals surface area (Å²) in [5, 5.41) is 5.24. The van der Waals surface area contributed by atoms with E-state index in [-0.39, 0.29) is 5.84 Å². The number of carbonyl (C=O) groups is 1. The summed E-state index contributed by atoms with van der Waals surface area (Å²) in [5.41, 5.74) is 3.37. The monoisotopic (exact) mass is 359 g/mol. The van der Waals surface area contributed by atoms with Crippen LogP contribution >= 0.6 is 23.2 Å². The van der Waals surface area contributed by atoms with Gasteiger partial charge in [-0.25, -0.2) is 4.79 Å². The maximum absolute atomic E-state index is 12.2. The summed E-state index contributed by atoms with van der Waals surface area (Å²) in [6.45, 7) is 5.44. The van der Waals surface area contributed by atoms with Crippen molar-refractivity contribution in [2.24, 2.45) is 5.10 Å². The van der Waals surface area contributed by atoms with E-state index in [9.17, 15) is 4.79 Å². The van der Waals surface area contributed by atoms with Crippen molar-refractivity contribution in [3.63, 3.8) is 0 Å². The molecule has 1 aromatic carbocycles. The van der Waals surface area contributed by atoms with Crippen LogP contribution in [0.15, 0.2) is 23.3 Å². The van der Waals surface area contributed by atoms with Crippen LogP contribution in [0.25, 0.3) is 0 Å². The van der Waals surface area contributed by atoms with Crippen molar-refractivity contribution in [1.82, 2.24) is 4.90 Å². The Morgan fingerprint density at radius 2 is 2.09 bits per heavy atom. The first-order valence-corrected chi connectivity index (χ1v) is 8.29. The van der Waals surface area contributed by atoms with Crippen LogP contribution in [-0.2, 0) is 9.53 Å². The van der Waals surface area contributed by atoms with Gasteiger partial charge < -0.3 is 14.5 Å². The highest BCUT2D eigenvalue weighted by atomic mass is 35.5. The maximum Gasteiger partial charge on any atom is 0.376 e. The molecule has 126 valence electrons. The van der Waals surface area contributed by atoms with Gasteiger partial charge >= 0.3 is 5.97 Å². The number of hydrogen-bond donors (Lipinski definition) is 2. The van der Waals surface area contributed by atoms with E-state index in [1.165, 1.54) is 4.90 Å². The van der Waals surface area contributed by atoms with Gasteiger partial charge in [0.15, 0.2) is 0 Å². The van der Waals surface area contributed by atoms with E-state index in [1.54, 1.807) is 25.1 Å². The summed E-state index contributed by atoms with van der Waals surface area (Å²) < 4.78 is 5.11. The van der Waals surface area contributed by atoms with E-state index >= 15 is 0 Å². The fraction of sp³-hybridized carbons (Fsp3) is 0.467. The number of nitrogens with one attached hydrogen (secondary N) is 2. The SMILES string of the molecule is CCOC(=O)/C(=N\Nc1cc(Cl)ccc1Cl)N1CC[NH+](C)CC1. The van der Waals surface area contributed by atoms with Crippen LogP contribution in [0, 0.1) is 0 Å². The second-order valence-electron chi connectivity index (χ2n) is 5.34. The second-order valence-corrected chi connectivity index (χ2v) is 6.18. The lowest BCUT2D eigenvalue weighted by Crippen LogP contribution is -3.12. The third kappa shape index (κ3) is 4.99. The first-order chi connectivity index (χ1) is 11.0. The number of hydrogen-bond acceptors (Lipinski definition) is 4. The Morgan fingerprint density at radius 3 is 2.74 bits per heavy atom. The Kier molecular flexibility index (Phi) is 6.50. The number of quaternary nitrogens is 1. The standard InChI is InChI=1S/C15H20Cl2N4O2/c1-3-23-15(22)14(21-8-6-20(2)7-9-21)19-18-13-10-11(16)4-5-12(13)17/h4-5,10,18H,3,6-9H2,1-2H3/p+1/b19-14+. The molecule has 1 fully saturated rings. The van der Waals surface area contributed by atoms with E-state index in [0.29, 0.717) is 22.3 Å². The molecular formula is C15H21Cl2N4O2+. The summed E-state index contributed by atoms with van der Waals surface area (Å²) in [6.07, 6.45) is 0. The second kappa shape index (κ2) is 8.38. The van der Waals surface area contributed by atoms with Gasteiger partial charge in [-0.2, -0.15) is 0 Å². The topological polar surface area (TPSA) is 58.4 Å². The summed E-state index contributed by atoms with van der Waals surface area (Å²) in [4.78, 5) is 15.5. The van der Waals surface area contributed by atoms with Gasteiger partial charge in [-0.15, -0.1) is 5.10 Å². The highest BCUT2D eigenvalue weighted by Crippen LogP contribution is 2.25. The number of hydrazone groups is 1. The number of rotatable bonds is 3. The van der Waals surface area contributed by atoms with Crippen molar-refractivity contribution in [3.05, 3.63) is 28.2 Å². The zero-order chi connectivity index (χ0) is 16.8. The molecule has 0 amide bonds. The zero-order valence-corrected chi connectivity index (χ0v) is 14.7. The van der Waals surface area contributed by atoms with Crippen LogP contribution in [0.4, 0.5) is 5.69 Å². The normalized spacial score (nSPS) is 16.3. The first kappa shape index (κ1) is 17.8. The molecule has 1 saturated heterocycles. The van der Waals surface area contributed by atoms with Crippen molar-refractivity contribution < 1.29 is 14.4 Å². The van der Waals surface area contributed by atoms with E-state index < -0.39 is 5.97 Å². The number of carbonyl (C=O) groups excluding carboxylic acids is 1. The summed E-state index contributed by atoms with van der Waals surface area (Å²) >= 11 is 12.1. The highest BCUT2D eigenvalue weighted by Gasteiger charge is 2.26. The fourth-order valence-corrected chi connectivity index (χ4v) is 2.57. The molecule has 1 aliphatic rings. The molecule has 1 heterocycles. The van der Waals surface area contributed by atoms with Crippen molar-refractivity contribution in [1.29, 1.82) is 0 Å². The van der Waals surface area contributed by atoms with Crippen molar-refractivity contribution in [2.75, 3.05) is 45.3 Å². The Bertz CT molecular complexity index is 587. The van der Waals surface area contributed by atoms with Crippen LogP contribution in [0.1, 0.15) is 6.92 Å². The minimum absolute atomic E-state index is 0.260. The van der Waals surface area contributed by atoms with Gasteiger partial charge in [0.25, 0.3) is 0 Å². The Hall–Kier alpha value is -1.50. The molecule has 0 aliphatic carbocycles. The van der Waals surface area contributed by atoms with Crippen LogP contribution < -0.4 is 10.3 Å². The van der Waals surface area contributed by atoms with Gasteiger partial charge in [-0.1, -0.05) is 23.2 Å². The number of halogens is 2. The van der Waals surface area contributed by atoms with Crippen molar-refractivity contribution in [3.8, 4) is 0 Å². The molecule has 23 heavy (non-hydrogen) atoms. The molecule has 0 saturated carbocycles. The van der Waals surface area contributed by atoms with Gasteiger partial charge in [0, 0.05) is 5.02 Å². The van der Waals surface area contributed by atoms with Crippen LogP contribution in [0.5, 0.6) is 0 Å². The Morgan fingerprint density at radius 1 is 1.39 bits per heavy atom. The van der Waals surface area contributed by atoms with Crippen molar-refractivity contribution in [2.45, 2.75) is 6.92 Å².